The van der Waals surface area contributed by atoms with Crippen LogP contribution in [0.25, 0.3) is 0 Å². The van der Waals surface area contributed by atoms with Crippen LogP contribution in [0.4, 0.5) is 4.79 Å². The maximum Gasteiger partial charge on any atom is 0.508 e. The van der Waals surface area contributed by atoms with Crippen molar-refractivity contribution in [3.05, 3.63) is 42.9 Å². The van der Waals surface area contributed by atoms with Crippen molar-refractivity contribution in [2.75, 3.05) is 34.0 Å². The summed E-state index contributed by atoms with van der Waals surface area (Å²) in [5.41, 5.74) is 0.901. The molecule has 0 saturated heterocycles. The molecule has 41 heavy (non-hydrogen) atoms. The highest BCUT2D eigenvalue weighted by molar-refractivity contribution is 6.23. The Morgan fingerprint density at radius 1 is 0.756 bits per heavy atom. The van der Waals surface area contributed by atoms with Crippen LogP contribution in [0.2, 0.25) is 0 Å². The number of hydrogen-bond donors (Lipinski definition) is 0. The van der Waals surface area contributed by atoms with E-state index in [1.165, 1.54) is 14.2 Å². The van der Waals surface area contributed by atoms with Crippen molar-refractivity contribution < 1.29 is 53.2 Å². The molecule has 0 fully saturated rings. The summed E-state index contributed by atoms with van der Waals surface area (Å²) in [6.07, 6.45) is 6.89. The lowest BCUT2D eigenvalue weighted by atomic mass is 9.89. The molecule has 1 atom stereocenters. The van der Waals surface area contributed by atoms with Gasteiger partial charge in [0, 0.05) is 11.1 Å². The van der Waals surface area contributed by atoms with Crippen LogP contribution in [0.3, 0.4) is 0 Å². The van der Waals surface area contributed by atoms with Gasteiger partial charge in [0.05, 0.1) is 27.4 Å². The summed E-state index contributed by atoms with van der Waals surface area (Å²) in [6, 6.07) is 0. The van der Waals surface area contributed by atoms with Crippen molar-refractivity contribution in [2.45, 2.75) is 90.1 Å². The molecule has 0 radical (unpaired) electrons. The first-order valence-electron chi connectivity index (χ1n) is 13.6. The molecule has 0 aliphatic heterocycles. The van der Waals surface area contributed by atoms with Gasteiger partial charge >= 0.3 is 6.16 Å². The summed E-state index contributed by atoms with van der Waals surface area (Å²) in [5.74, 6) is -0.682. The molecule has 232 valence electrons. The van der Waals surface area contributed by atoms with E-state index in [-0.39, 0.29) is 42.7 Å². The maximum absolute atomic E-state index is 12.6. The SMILES string of the molecule is COC1=C(OC)C(=O)C(CCCCCCCCCCOC(=O)OCCCCC(CO[N+](=O)[O-])O[N+](=O)[O-])=C(C)C1=O. The molecule has 1 aliphatic carbocycles. The highest BCUT2D eigenvalue weighted by atomic mass is 17.0. The Hall–Kier alpha value is -3.91. The lowest BCUT2D eigenvalue weighted by Crippen LogP contribution is -2.25. The van der Waals surface area contributed by atoms with E-state index in [0.717, 1.165) is 44.9 Å². The topological polar surface area (TPSA) is 193 Å². The van der Waals surface area contributed by atoms with E-state index in [4.69, 9.17) is 18.9 Å². The van der Waals surface area contributed by atoms with E-state index in [1.54, 1.807) is 6.92 Å². The first kappa shape index (κ1) is 35.1. The number of hydrogen-bond acceptors (Lipinski definition) is 13. The molecule has 15 nitrogen and oxygen atoms in total. The maximum atomic E-state index is 12.6. The molecule has 15 heteroatoms. The van der Waals surface area contributed by atoms with Gasteiger partial charge in [0.1, 0.15) is 12.7 Å². The molecule has 0 aromatic carbocycles. The van der Waals surface area contributed by atoms with Crippen LogP contribution in [-0.4, -0.2) is 68.0 Å². The van der Waals surface area contributed by atoms with E-state index < -0.39 is 29.0 Å². The van der Waals surface area contributed by atoms with Crippen molar-refractivity contribution in [3.8, 4) is 0 Å². The molecule has 0 bridgehead atoms. The molecule has 1 aliphatic rings. The van der Waals surface area contributed by atoms with Gasteiger partial charge in [-0.1, -0.05) is 38.5 Å². The summed E-state index contributed by atoms with van der Waals surface area (Å²) in [7, 11) is 2.69. The van der Waals surface area contributed by atoms with Crippen LogP contribution in [0.5, 0.6) is 0 Å². The van der Waals surface area contributed by atoms with Gasteiger partial charge in [-0.25, -0.2) is 4.79 Å². The number of allylic oxidation sites excluding steroid dienone is 2. The van der Waals surface area contributed by atoms with E-state index >= 15 is 0 Å². The normalized spacial score (nSPS) is 14.0. The number of nitrogens with zero attached hydrogens (tertiary/aromatic N) is 2. The average molecular weight is 589 g/mol. The van der Waals surface area contributed by atoms with E-state index in [2.05, 4.69) is 9.68 Å². The zero-order valence-corrected chi connectivity index (χ0v) is 23.9. The van der Waals surface area contributed by atoms with Crippen LogP contribution >= 0.6 is 0 Å². The Labute approximate surface area is 238 Å². The molecule has 0 spiro atoms. The summed E-state index contributed by atoms with van der Waals surface area (Å²) < 4.78 is 20.1. The third-order valence-electron chi connectivity index (χ3n) is 6.38. The minimum atomic E-state index is -1.09. The van der Waals surface area contributed by atoms with Gasteiger partial charge in [0.25, 0.3) is 10.2 Å². The Kier molecular flexibility index (Phi) is 17.2. The van der Waals surface area contributed by atoms with Crippen molar-refractivity contribution >= 4 is 17.7 Å². The largest absolute Gasteiger partial charge is 0.508 e. The number of carbonyl (C=O) groups excluding carboxylic acids is 3. The van der Waals surface area contributed by atoms with Gasteiger partial charge in [-0.2, -0.15) is 0 Å². The number of unbranched alkanes of at least 4 members (excludes halogenated alkanes) is 8. The fourth-order valence-corrected chi connectivity index (χ4v) is 4.22. The standard InChI is InChI=1S/C26H40N2O13/c1-19-21(23(30)25(37-3)24(36-2)22(19)29)15-10-8-6-4-5-7-9-12-16-38-26(31)39-17-13-11-14-20(41-28(34)35)18-40-27(32)33/h20H,4-18H2,1-3H3. The lowest BCUT2D eigenvalue weighted by Gasteiger charge is -2.20. The third kappa shape index (κ3) is 13.8. The van der Waals surface area contributed by atoms with Crippen molar-refractivity contribution in [2.24, 2.45) is 0 Å². The van der Waals surface area contributed by atoms with Gasteiger partial charge in [-0.3, -0.25) is 9.59 Å². The Balaban J connectivity index is 2.05. The van der Waals surface area contributed by atoms with Gasteiger partial charge in [0.2, 0.25) is 23.1 Å². The average Bonchev–Trinajstić information content (AvgIpc) is 2.92. The highest BCUT2D eigenvalue weighted by Crippen LogP contribution is 2.28. The number of carbonyl (C=O) groups is 3. The predicted molar refractivity (Wildman–Crippen MR) is 141 cm³/mol. The highest BCUT2D eigenvalue weighted by Gasteiger charge is 2.34. The van der Waals surface area contributed by atoms with Crippen LogP contribution in [0.15, 0.2) is 22.7 Å². The molecule has 0 saturated carbocycles. The van der Waals surface area contributed by atoms with Crippen LogP contribution < -0.4 is 0 Å². The molecule has 0 amide bonds. The Bertz CT molecular complexity index is 961. The van der Waals surface area contributed by atoms with Gasteiger partial charge in [0.15, 0.2) is 0 Å². The number of rotatable bonds is 23. The Morgan fingerprint density at radius 3 is 1.80 bits per heavy atom. The summed E-state index contributed by atoms with van der Waals surface area (Å²) in [6.45, 7) is 1.35. The minimum Gasteiger partial charge on any atom is -0.489 e. The second kappa shape index (κ2) is 20.0. The van der Waals surface area contributed by atoms with E-state index in [1.807, 2.05) is 0 Å². The van der Waals surface area contributed by atoms with E-state index in [0.29, 0.717) is 36.8 Å². The fraction of sp³-hybridized carbons (Fsp3) is 0.731. The predicted octanol–water partition coefficient (Wildman–Crippen LogP) is 4.58. The van der Waals surface area contributed by atoms with Crippen LogP contribution in [0.1, 0.15) is 84.0 Å². The summed E-state index contributed by atoms with van der Waals surface area (Å²) >= 11 is 0. The van der Waals surface area contributed by atoms with Crippen molar-refractivity contribution in [3.63, 3.8) is 0 Å². The van der Waals surface area contributed by atoms with Gasteiger partial charge in [-0.05, 0) is 45.4 Å². The molecule has 0 aromatic heterocycles. The van der Waals surface area contributed by atoms with Crippen LogP contribution in [0, 0.1) is 20.2 Å². The first-order valence-corrected chi connectivity index (χ1v) is 13.6. The second-order valence-corrected chi connectivity index (χ2v) is 9.32. The van der Waals surface area contributed by atoms with Crippen molar-refractivity contribution in [1.29, 1.82) is 0 Å². The van der Waals surface area contributed by atoms with Gasteiger partial charge < -0.3 is 28.6 Å². The minimum absolute atomic E-state index is 0.0359. The number of Topliss-reactive ketones (excluding diaryl/α,β-unsaturated/α-hetero) is 2. The Morgan fingerprint density at radius 2 is 1.27 bits per heavy atom. The molecular formula is C26H40N2O13. The number of ether oxygens (including phenoxy) is 4. The second-order valence-electron chi connectivity index (χ2n) is 9.32. The molecule has 0 aromatic rings. The zero-order chi connectivity index (χ0) is 30.6. The monoisotopic (exact) mass is 588 g/mol. The molecule has 0 heterocycles. The molecule has 1 unspecified atom stereocenters. The van der Waals surface area contributed by atoms with Gasteiger partial charge in [-0.15, -0.1) is 20.2 Å². The number of methoxy groups -OCH3 is 2. The lowest BCUT2D eigenvalue weighted by molar-refractivity contribution is -0.790. The third-order valence-corrected chi connectivity index (χ3v) is 6.38. The smallest absolute Gasteiger partial charge is 0.489 e. The molecule has 1 rings (SSSR count). The van der Waals surface area contributed by atoms with Crippen molar-refractivity contribution in [1.82, 2.24) is 0 Å². The van der Waals surface area contributed by atoms with E-state index in [9.17, 15) is 34.6 Å². The fourth-order valence-electron chi connectivity index (χ4n) is 4.22. The quantitative estimate of drug-likeness (QED) is 0.0530. The number of ketones is 2. The zero-order valence-electron chi connectivity index (χ0n) is 23.9. The molecular weight excluding hydrogens is 548 g/mol. The molecule has 0 N–H and O–H groups in total. The van der Waals surface area contributed by atoms with Crippen LogP contribution in [-0.2, 0) is 38.2 Å². The summed E-state index contributed by atoms with van der Waals surface area (Å²) in [4.78, 5) is 65.7. The summed E-state index contributed by atoms with van der Waals surface area (Å²) in [5, 5.41) is 18.5. The first-order chi connectivity index (χ1) is 19.6.